The largest absolute Gasteiger partial charge is 0.342 e. The van der Waals surface area contributed by atoms with Crippen LogP contribution in [-0.2, 0) is 10.2 Å². The van der Waals surface area contributed by atoms with E-state index in [4.69, 9.17) is 0 Å². The van der Waals surface area contributed by atoms with Gasteiger partial charge in [0.1, 0.15) is 0 Å². The first-order valence-electron chi connectivity index (χ1n) is 12.5. The molecule has 2 heterocycles. The Morgan fingerprint density at radius 2 is 1.70 bits per heavy atom. The number of likely N-dealkylation sites (tertiary alicyclic amines) is 1. The maximum atomic E-state index is 14.1. The molecule has 1 N–H and O–H groups in total. The summed E-state index contributed by atoms with van der Waals surface area (Å²) < 4.78 is 0. The highest BCUT2D eigenvalue weighted by atomic mass is 16.2. The van der Waals surface area contributed by atoms with Gasteiger partial charge in [0, 0.05) is 18.5 Å². The summed E-state index contributed by atoms with van der Waals surface area (Å²) in [5, 5.41) is 3.52. The standard InChI is InChI=1S/C27H36N2O/c1-23-15-21-16-25(22(30)29-13-9-24(10-14-29)7-11-28-12-8-24)18-26(17-23,27(21,23)19-25)20-5-3-2-4-6-20/h2-6,21,28H,7-19H2,1H3/t21?,23-,25?,26+,27?/m1/s1. The molecule has 0 radical (unpaired) electrons. The van der Waals surface area contributed by atoms with Crippen LogP contribution in [0.3, 0.4) is 0 Å². The molecule has 6 fully saturated rings. The first-order chi connectivity index (χ1) is 14.5. The molecule has 1 amide bonds. The van der Waals surface area contributed by atoms with Crippen LogP contribution in [0.5, 0.6) is 0 Å². The van der Waals surface area contributed by atoms with Crippen LogP contribution < -0.4 is 5.32 Å². The van der Waals surface area contributed by atoms with Crippen LogP contribution in [0, 0.1) is 27.6 Å². The lowest BCUT2D eigenvalue weighted by atomic mass is 9.24. The smallest absolute Gasteiger partial charge is 0.228 e. The summed E-state index contributed by atoms with van der Waals surface area (Å²) in [5.74, 6) is 1.33. The Labute approximate surface area is 181 Å². The molecule has 2 saturated heterocycles. The Morgan fingerprint density at radius 3 is 2.40 bits per heavy atom. The number of piperidine rings is 2. The van der Waals surface area contributed by atoms with E-state index in [0.29, 0.717) is 22.2 Å². The van der Waals surface area contributed by atoms with E-state index in [-0.39, 0.29) is 10.8 Å². The van der Waals surface area contributed by atoms with Gasteiger partial charge in [0.05, 0.1) is 5.41 Å². The third-order valence-electron chi connectivity index (χ3n) is 11.5. The highest BCUT2D eigenvalue weighted by Gasteiger charge is 2.89. The Kier molecular flexibility index (Phi) is 3.36. The maximum absolute atomic E-state index is 14.1. The average molecular weight is 405 g/mol. The van der Waals surface area contributed by atoms with Gasteiger partial charge in [0.2, 0.25) is 5.91 Å². The Balaban J connectivity index is 1.18. The van der Waals surface area contributed by atoms with Crippen LogP contribution in [0.4, 0.5) is 0 Å². The molecule has 2 bridgehead atoms. The van der Waals surface area contributed by atoms with Crippen molar-refractivity contribution in [2.75, 3.05) is 26.2 Å². The van der Waals surface area contributed by atoms with Gasteiger partial charge < -0.3 is 10.2 Å². The van der Waals surface area contributed by atoms with Crippen molar-refractivity contribution < 1.29 is 4.79 Å². The zero-order valence-electron chi connectivity index (χ0n) is 18.5. The van der Waals surface area contributed by atoms with Crippen LogP contribution in [0.2, 0.25) is 0 Å². The Morgan fingerprint density at radius 1 is 0.967 bits per heavy atom. The molecule has 30 heavy (non-hydrogen) atoms. The molecule has 1 aromatic rings. The van der Waals surface area contributed by atoms with E-state index in [2.05, 4.69) is 47.5 Å². The lowest BCUT2D eigenvalue weighted by Gasteiger charge is -2.79. The molecule has 1 aromatic carbocycles. The number of fused-ring (bicyclic) bond motifs is 1. The van der Waals surface area contributed by atoms with E-state index in [0.717, 1.165) is 25.4 Å². The summed E-state index contributed by atoms with van der Waals surface area (Å²) >= 11 is 0. The molecule has 3 heteroatoms. The number of nitrogens with zero attached hydrogens (tertiary/aromatic N) is 1. The van der Waals surface area contributed by atoms with Gasteiger partial charge in [-0.25, -0.2) is 0 Å². The molecule has 6 aliphatic rings. The topological polar surface area (TPSA) is 32.3 Å². The minimum atomic E-state index is -0.0621. The molecule has 2 aliphatic heterocycles. The number of benzene rings is 1. The van der Waals surface area contributed by atoms with E-state index < -0.39 is 0 Å². The molecule has 2 spiro atoms. The fraction of sp³-hybridized carbons (Fsp3) is 0.741. The van der Waals surface area contributed by atoms with E-state index in [1.54, 1.807) is 0 Å². The van der Waals surface area contributed by atoms with Gasteiger partial charge in [-0.2, -0.15) is 0 Å². The van der Waals surface area contributed by atoms with Crippen molar-refractivity contribution in [3.05, 3.63) is 35.9 Å². The molecule has 5 atom stereocenters. The van der Waals surface area contributed by atoms with Gasteiger partial charge in [0.15, 0.2) is 0 Å². The second-order valence-corrected chi connectivity index (χ2v) is 12.4. The Hall–Kier alpha value is -1.35. The lowest BCUT2D eigenvalue weighted by Crippen LogP contribution is -2.75. The minimum absolute atomic E-state index is 0.0621. The quantitative estimate of drug-likeness (QED) is 0.786. The first-order valence-corrected chi connectivity index (χ1v) is 12.5. The molecular formula is C27H36N2O. The van der Waals surface area contributed by atoms with Gasteiger partial charge in [-0.15, -0.1) is 0 Å². The molecule has 160 valence electrons. The molecule has 3 unspecified atom stereocenters. The third-order valence-corrected chi connectivity index (χ3v) is 11.5. The molecule has 0 aromatic heterocycles. The predicted molar refractivity (Wildman–Crippen MR) is 118 cm³/mol. The fourth-order valence-corrected chi connectivity index (χ4v) is 10.4. The third kappa shape index (κ3) is 1.88. The fourth-order valence-electron chi connectivity index (χ4n) is 10.4. The normalized spacial score (nSPS) is 47.5. The zero-order valence-corrected chi connectivity index (χ0v) is 18.5. The number of nitrogens with one attached hydrogen (secondary N) is 1. The maximum Gasteiger partial charge on any atom is 0.228 e. The zero-order chi connectivity index (χ0) is 20.2. The molecule has 4 saturated carbocycles. The molecule has 4 aliphatic carbocycles. The van der Waals surface area contributed by atoms with Crippen LogP contribution in [0.1, 0.15) is 70.3 Å². The number of carbonyl (C=O) groups excluding carboxylic acids is 1. The second-order valence-electron chi connectivity index (χ2n) is 12.4. The van der Waals surface area contributed by atoms with Gasteiger partial charge in [-0.1, -0.05) is 37.3 Å². The van der Waals surface area contributed by atoms with Crippen LogP contribution >= 0.6 is 0 Å². The summed E-state index contributed by atoms with van der Waals surface area (Å²) in [4.78, 5) is 16.4. The second kappa shape index (κ2) is 5.52. The summed E-state index contributed by atoms with van der Waals surface area (Å²) in [5.41, 5.74) is 3.19. The van der Waals surface area contributed by atoms with Gasteiger partial charge in [-0.05, 0) is 98.6 Å². The van der Waals surface area contributed by atoms with Crippen LogP contribution in [-0.4, -0.2) is 37.0 Å². The lowest BCUT2D eigenvalue weighted by molar-refractivity contribution is -0.270. The van der Waals surface area contributed by atoms with Crippen molar-refractivity contribution in [2.24, 2.45) is 27.6 Å². The van der Waals surface area contributed by atoms with Crippen molar-refractivity contribution in [3.63, 3.8) is 0 Å². The molecular weight excluding hydrogens is 368 g/mol. The van der Waals surface area contributed by atoms with Crippen LogP contribution in [0.25, 0.3) is 0 Å². The molecule has 3 nitrogen and oxygen atoms in total. The van der Waals surface area contributed by atoms with Gasteiger partial charge >= 0.3 is 0 Å². The summed E-state index contributed by atoms with van der Waals surface area (Å²) in [6, 6.07) is 11.3. The van der Waals surface area contributed by atoms with E-state index in [1.165, 1.54) is 70.0 Å². The van der Waals surface area contributed by atoms with Gasteiger partial charge in [-0.3, -0.25) is 4.79 Å². The number of carbonyl (C=O) groups is 1. The predicted octanol–water partition coefficient (Wildman–Crippen LogP) is 4.52. The number of rotatable bonds is 2. The number of hydrogen-bond acceptors (Lipinski definition) is 2. The monoisotopic (exact) mass is 404 g/mol. The van der Waals surface area contributed by atoms with E-state index in [9.17, 15) is 4.79 Å². The summed E-state index contributed by atoms with van der Waals surface area (Å²) in [6.07, 6.45) is 11.2. The summed E-state index contributed by atoms with van der Waals surface area (Å²) in [6.45, 7) is 6.89. The van der Waals surface area contributed by atoms with Crippen molar-refractivity contribution in [1.82, 2.24) is 10.2 Å². The van der Waals surface area contributed by atoms with Crippen molar-refractivity contribution >= 4 is 5.91 Å². The van der Waals surface area contributed by atoms with Crippen LogP contribution in [0.15, 0.2) is 30.3 Å². The van der Waals surface area contributed by atoms with Crippen molar-refractivity contribution in [1.29, 1.82) is 0 Å². The van der Waals surface area contributed by atoms with Crippen molar-refractivity contribution in [3.8, 4) is 0 Å². The minimum Gasteiger partial charge on any atom is -0.342 e. The average Bonchev–Trinajstić information content (AvgIpc) is 3.24. The highest BCUT2D eigenvalue weighted by Crippen LogP contribution is 2.93. The number of hydrogen-bond donors (Lipinski definition) is 1. The Bertz CT molecular complexity index is 897. The van der Waals surface area contributed by atoms with Crippen molar-refractivity contribution in [2.45, 2.75) is 70.1 Å². The summed E-state index contributed by atoms with van der Waals surface area (Å²) in [7, 11) is 0. The number of amides is 1. The van der Waals surface area contributed by atoms with Gasteiger partial charge in [0.25, 0.3) is 0 Å². The van der Waals surface area contributed by atoms with E-state index >= 15 is 0 Å². The highest BCUT2D eigenvalue weighted by molar-refractivity contribution is 5.85. The SMILES string of the molecule is C[C@]12CC3CC4(C(=O)N5CCC6(CCNCC6)CC5)CC31[C@](c1ccccc1)(C4)C2. The first kappa shape index (κ1) is 18.2. The molecule has 7 rings (SSSR count). The van der Waals surface area contributed by atoms with E-state index in [1.807, 2.05) is 0 Å².